The average molecular weight is 494 g/mol. The molecule has 0 spiro atoms. The number of carbonyl (C=O) groups excluding carboxylic acids is 3. The first kappa shape index (κ1) is 26.5. The number of amides is 3. The molecule has 190 valence electrons. The van der Waals surface area contributed by atoms with E-state index in [2.05, 4.69) is 10.6 Å². The van der Waals surface area contributed by atoms with Gasteiger partial charge >= 0.3 is 6.09 Å². The van der Waals surface area contributed by atoms with Crippen molar-refractivity contribution in [2.75, 3.05) is 19.0 Å². The second kappa shape index (κ2) is 11.1. The Morgan fingerprint density at radius 3 is 2.25 bits per heavy atom. The predicted octanol–water partition coefficient (Wildman–Crippen LogP) is 3.57. The van der Waals surface area contributed by atoms with E-state index in [1.54, 1.807) is 45.0 Å². The van der Waals surface area contributed by atoms with E-state index in [4.69, 9.17) is 4.74 Å². The van der Waals surface area contributed by atoms with Gasteiger partial charge in [0.1, 0.15) is 23.4 Å². The third kappa shape index (κ3) is 6.51. The molecule has 9 heteroatoms. The van der Waals surface area contributed by atoms with Crippen LogP contribution in [-0.2, 0) is 14.3 Å². The molecule has 2 unspecified atom stereocenters. The van der Waals surface area contributed by atoms with Crippen LogP contribution in [0.2, 0.25) is 0 Å². The maximum atomic E-state index is 13.5. The maximum Gasteiger partial charge on any atom is 0.408 e. The predicted molar refractivity (Wildman–Crippen MR) is 136 cm³/mol. The number of aromatic hydroxyl groups is 1. The highest BCUT2D eigenvalue weighted by Gasteiger charge is 2.35. The van der Waals surface area contributed by atoms with Crippen molar-refractivity contribution in [3.05, 3.63) is 72.3 Å². The van der Waals surface area contributed by atoms with Crippen LogP contribution in [0.5, 0.6) is 5.75 Å². The average Bonchev–Trinajstić information content (AvgIpc) is 2.82. The van der Waals surface area contributed by atoms with Gasteiger partial charge < -0.3 is 30.5 Å². The highest BCUT2D eigenvalue weighted by molar-refractivity contribution is 6.00. The molecule has 0 aromatic heterocycles. The number of nitrogens with one attached hydrogen (secondary N) is 2. The van der Waals surface area contributed by atoms with Gasteiger partial charge in [0.05, 0.1) is 6.61 Å². The number of rotatable bonds is 7. The monoisotopic (exact) mass is 493 g/mol. The van der Waals surface area contributed by atoms with E-state index in [0.29, 0.717) is 5.69 Å². The maximum absolute atomic E-state index is 13.5. The zero-order valence-corrected chi connectivity index (χ0v) is 20.7. The van der Waals surface area contributed by atoms with Crippen LogP contribution in [-0.4, -0.2) is 58.3 Å². The number of phenolic OH excluding ortho intramolecular Hbond substituents is 1. The second-order valence-corrected chi connectivity index (χ2v) is 9.34. The third-order valence-corrected chi connectivity index (χ3v) is 5.40. The van der Waals surface area contributed by atoms with E-state index >= 15 is 0 Å². The number of benzene rings is 3. The summed E-state index contributed by atoms with van der Waals surface area (Å²) in [6, 6.07) is 16.6. The van der Waals surface area contributed by atoms with Gasteiger partial charge in [0.2, 0.25) is 5.91 Å². The minimum atomic E-state index is -1.37. The molecule has 0 aliphatic rings. The minimum absolute atomic E-state index is 0.181. The van der Waals surface area contributed by atoms with E-state index in [0.717, 1.165) is 15.7 Å². The summed E-state index contributed by atoms with van der Waals surface area (Å²) in [6.45, 7) is 4.28. The minimum Gasteiger partial charge on any atom is -0.508 e. The number of phenols is 1. The van der Waals surface area contributed by atoms with Crippen LogP contribution in [0.1, 0.15) is 32.4 Å². The number of anilines is 1. The summed E-state index contributed by atoms with van der Waals surface area (Å²) in [5, 5.41) is 27.3. The number of carbonyl (C=O) groups is 3. The van der Waals surface area contributed by atoms with Crippen molar-refractivity contribution in [3.63, 3.8) is 0 Å². The molecule has 9 nitrogen and oxygen atoms in total. The van der Waals surface area contributed by atoms with Gasteiger partial charge in [0.15, 0.2) is 0 Å². The van der Waals surface area contributed by atoms with Crippen molar-refractivity contribution >= 4 is 34.4 Å². The molecule has 3 aromatic carbocycles. The van der Waals surface area contributed by atoms with Crippen LogP contribution in [0, 0.1) is 0 Å². The molecule has 3 rings (SSSR count). The number of aliphatic hydroxyl groups excluding tert-OH is 1. The molecule has 0 aliphatic heterocycles. The Morgan fingerprint density at radius 2 is 1.61 bits per heavy atom. The van der Waals surface area contributed by atoms with Crippen molar-refractivity contribution in [1.29, 1.82) is 0 Å². The number of hydrogen-bond acceptors (Lipinski definition) is 6. The molecule has 4 N–H and O–H groups in total. The van der Waals surface area contributed by atoms with Gasteiger partial charge in [-0.2, -0.15) is 0 Å². The Labute approximate surface area is 209 Å². The molecule has 0 saturated carbocycles. The first-order valence-electron chi connectivity index (χ1n) is 11.4. The lowest BCUT2D eigenvalue weighted by Crippen LogP contribution is -2.52. The number of nitrogens with zero attached hydrogens (tertiary/aromatic N) is 1. The number of ether oxygens (including phenoxy) is 1. The zero-order valence-electron chi connectivity index (χ0n) is 20.7. The van der Waals surface area contributed by atoms with Crippen LogP contribution in [0.3, 0.4) is 0 Å². The van der Waals surface area contributed by atoms with E-state index < -0.39 is 42.2 Å². The molecule has 0 fully saturated rings. The standard InChI is InChI=1S/C27H31N3O6/c1-27(2,3)36-26(35)29-21(16-31)25(34)30(4)23(20-11-7-8-12-22(20)32)24(33)28-19-14-13-17-9-5-6-10-18(17)15-19/h5-15,21,23,31-32H,16H2,1-4H3,(H,28,33)(H,29,35). The molecule has 0 aliphatic carbocycles. The molecule has 3 aromatic rings. The summed E-state index contributed by atoms with van der Waals surface area (Å²) >= 11 is 0. The lowest BCUT2D eigenvalue weighted by atomic mass is 10.0. The zero-order chi connectivity index (χ0) is 26.5. The fourth-order valence-corrected chi connectivity index (χ4v) is 3.73. The largest absolute Gasteiger partial charge is 0.508 e. The molecule has 0 heterocycles. The fraction of sp³-hybridized carbons (Fsp3) is 0.296. The second-order valence-electron chi connectivity index (χ2n) is 9.34. The van der Waals surface area contributed by atoms with Crippen LogP contribution in [0.4, 0.5) is 10.5 Å². The van der Waals surface area contributed by atoms with Gasteiger partial charge in [-0.3, -0.25) is 9.59 Å². The Balaban J connectivity index is 1.89. The summed E-state index contributed by atoms with van der Waals surface area (Å²) in [7, 11) is 1.36. The van der Waals surface area contributed by atoms with Crippen LogP contribution in [0.15, 0.2) is 66.7 Å². The number of hydrogen-bond donors (Lipinski definition) is 4. The molecule has 2 atom stereocenters. The first-order valence-corrected chi connectivity index (χ1v) is 11.4. The van der Waals surface area contributed by atoms with Crippen LogP contribution in [0.25, 0.3) is 10.8 Å². The summed E-state index contributed by atoms with van der Waals surface area (Å²) < 4.78 is 5.17. The molecular weight excluding hydrogens is 462 g/mol. The molecule has 0 bridgehead atoms. The summed E-state index contributed by atoms with van der Waals surface area (Å²) in [5.41, 5.74) is -0.122. The van der Waals surface area contributed by atoms with Crippen molar-refractivity contribution in [3.8, 4) is 5.75 Å². The Kier molecular flexibility index (Phi) is 8.16. The molecule has 0 radical (unpaired) electrons. The quantitative estimate of drug-likeness (QED) is 0.398. The van der Waals surface area contributed by atoms with Gasteiger partial charge in [-0.05, 0) is 49.7 Å². The van der Waals surface area contributed by atoms with E-state index in [1.165, 1.54) is 19.2 Å². The Bertz CT molecular complexity index is 1250. The third-order valence-electron chi connectivity index (χ3n) is 5.40. The first-order chi connectivity index (χ1) is 17.0. The molecular formula is C27H31N3O6. The molecule has 36 heavy (non-hydrogen) atoms. The summed E-state index contributed by atoms with van der Waals surface area (Å²) in [4.78, 5) is 40.0. The lowest BCUT2D eigenvalue weighted by molar-refractivity contribution is -0.139. The highest BCUT2D eigenvalue weighted by atomic mass is 16.6. The smallest absolute Gasteiger partial charge is 0.408 e. The van der Waals surface area contributed by atoms with Crippen molar-refractivity contribution < 1.29 is 29.3 Å². The van der Waals surface area contributed by atoms with E-state index in [-0.39, 0.29) is 11.3 Å². The highest BCUT2D eigenvalue weighted by Crippen LogP contribution is 2.30. The molecule has 0 saturated heterocycles. The van der Waals surface area contributed by atoms with Crippen molar-refractivity contribution in [2.45, 2.75) is 38.5 Å². The summed E-state index contributed by atoms with van der Waals surface area (Å²) in [5.74, 6) is -1.52. The van der Waals surface area contributed by atoms with Gasteiger partial charge in [0.25, 0.3) is 5.91 Å². The van der Waals surface area contributed by atoms with E-state index in [1.807, 2.05) is 30.3 Å². The number of alkyl carbamates (subject to hydrolysis) is 1. The van der Waals surface area contributed by atoms with Gasteiger partial charge in [0, 0.05) is 18.3 Å². The Hall–Kier alpha value is -4.11. The topological polar surface area (TPSA) is 128 Å². The van der Waals surface area contributed by atoms with Crippen molar-refractivity contribution in [2.24, 2.45) is 0 Å². The van der Waals surface area contributed by atoms with Crippen LogP contribution < -0.4 is 10.6 Å². The van der Waals surface area contributed by atoms with Crippen molar-refractivity contribution in [1.82, 2.24) is 10.2 Å². The number of para-hydroxylation sites is 1. The SMILES string of the molecule is CN(C(=O)C(CO)NC(=O)OC(C)(C)C)C(C(=O)Nc1ccc2ccccc2c1)c1ccccc1O. The van der Waals surface area contributed by atoms with Gasteiger partial charge in [-0.25, -0.2) is 4.79 Å². The lowest BCUT2D eigenvalue weighted by Gasteiger charge is -2.31. The normalized spacial score (nSPS) is 12.9. The number of fused-ring (bicyclic) bond motifs is 1. The number of likely N-dealkylation sites (N-methyl/N-ethyl adjacent to an activating group) is 1. The molecule has 3 amide bonds. The van der Waals surface area contributed by atoms with Gasteiger partial charge in [-0.1, -0.05) is 48.5 Å². The van der Waals surface area contributed by atoms with E-state index in [9.17, 15) is 24.6 Å². The fourth-order valence-electron chi connectivity index (χ4n) is 3.73. The van der Waals surface area contributed by atoms with Gasteiger partial charge in [-0.15, -0.1) is 0 Å². The van der Waals surface area contributed by atoms with Crippen LogP contribution >= 0.6 is 0 Å². The summed E-state index contributed by atoms with van der Waals surface area (Å²) in [6.07, 6.45) is -0.886. The Morgan fingerprint density at radius 1 is 0.972 bits per heavy atom. The number of aliphatic hydroxyl groups is 1.